The van der Waals surface area contributed by atoms with Gasteiger partial charge in [0.2, 0.25) is 0 Å². The van der Waals surface area contributed by atoms with E-state index < -0.39 is 0 Å². The normalized spacial score (nSPS) is 13.3. The Hall–Kier alpha value is -5.70. The van der Waals surface area contributed by atoms with E-state index in [-0.39, 0.29) is 5.41 Å². The summed E-state index contributed by atoms with van der Waals surface area (Å²) < 4.78 is 2.61. The molecule has 0 amide bonds. The molecule has 10 rings (SSSR count). The molecule has 8 aromatic carbocycles. The molecule has 1 aromatic heterocycles. The van der Waals surface area contributed by atoms with Crippen molar-refractivity contribution in [2.24, 2.45) is 0 Å². The zero-order chi connectivity index (χ0) is 32.7. The van der Waals surface area contributed by atoms with Gasteiger partial charge in [0, 0.05) is 42.5 Å². The summed E-state index contributed by atoms with van der Waals surface area (Å²) in [6.45, 7) is 4.71. The maximum Gasteiger partial charge on any atom is 0.0546 e. The van der Waals surface area contributed by atoms with Crippen LogP contribution in [0.3, 0.4) is 0 Å². The van der Waals surface area contributed by atoms with Gasteiger partial charge in [0.25, 0.3) is 0 Å². The predicted octanol–water partition coefficient (Wildman–Crippen LogP) is 13.8. The highest BCUT2D eigenvalue weighted by Gasteiger charge is 2.35. The van der Waals surface area contributed by atoms with Gasteiger partial charge in [0.1, 0.15) is 0 Å². The summed E-state index contributed by atoms with van der Waals surface area (Å²) >= 11 is 1.87. The molecular formula is C47H33NS. The van der Waals surface area contributed by atoms with Gasteiger partial charge in [-0.25, -0.2) is 0 Å². The highest BCUT2D eigenvalue weighted by Crippen LogP contribution is 2.52. The standard InChI is InChI=1S/C47H33NS/c1-47(2)41-20-9-7-17-36(41)40-28-32(24-26-42(40)47)48(33-23-25-38-37-18-8-10-21-44(37)49-45(38)29-33)43-27-22-31-13-4-6-16-35(31)46(43)39-19-11-14-30-12-3-5-15-34(30)39/h3-29H,1-2H3. The van der Waals surface area contributed by atoms with Gasteiger partial charge in [0.05, 0.1) is 5.69 Å². The van der Waals surface area contributed by atoms with Crippen LogP contribution in [0.4, 0.5) is 17.1 Å². The van der Waals surface area contributed by atoms with E-state index in [1.807, 2.05) is 11.3 Å². The van der Waals surface area contributed by atoms with Gasteiger partial charge in [-0.15, -0.1) is 11.3 Å². The van der Waals surface area contributed by atoms with E-state index in [9.17, 15) is 0 Å². The molecule has 0 aliphatic heterocycles. The van der Waals surface area contributed by atoms with Crippen molar-refractivity contribution in [3.8, 4) is 22.3 Å². The number of anilines is 3. The molecular weight excluding hydrogens is 611 g/mol. The molecule has 0 radical (unpaired) electrons. The smallest absolute Gasteiger partial charge is 0.0546 e. The van der Waals surface area contributed by atoms with Gasteiger partial charge in [-0.3, -0.25) is 0 Å². The molecule has 0 N–H and O–H groups in total. The highest BCUT2D eigenvalue weighted by molar-refractivity contribution is 7.25. The molecule has 0 spiro atoms. The Morgan fingerprint density at radius 1 is 0.429 bits per heavy atom. The lowest BCUT2D eigenvalue weighted by atomic mass is 9.82. The van der Waals surface area contributed by atoms with Crippen molar-refractivity contribution < 1.29 is 0 Å². The molecule has 0 unspecified atom stereocenters. The minimum atomic E-state index is -0.0532. The lowest BCUT2D eigenvalue weighted by Gasteiger charge is -2.30. The summed E-state index contributed by atoms with van der Waals surface area (Å²) in [4.78, 5) is 2.50. The number of hydrogen-bond donors (Lipinski definition) is 0. The van der Waals surface area contributed by atoms with Crippen LogP contribution in [-0.2, 0) is 5.41 Å². The van der Waals surface area contributed by atoms with E-state index >= 15 is 0 Å². The molecule has 0 atom stereocenters. The van der Waals surface area contributed by atoms with Crippen molar-refractivity contribution in [3.63, 3.8) is 0 Å². The summed E-state index contributed by atoms with van der Waals surface area (Å²) in [6, 6.07) is 60.8. The summed E-state index contributed by atoms with van der Waals surface area (Å²) in [6.07, 6.45) is 0. The highest BCUT2D eigenvalue weighted by atomic mass is 32.1. The Kier molecular flexibility index (Phi) is 6.16. The molecule has 232 valence electrons. The first-order valence-corrected chi connectivity index (χ1v) is 17.8. The zero-order valence-corrected chi connectivity index (χ0v) is 28.3. The maximum atomic E-state index is 2.50. The summed E-state index contributed by atoms with van der Waals surface area (Å²) in [5, 5.41) is 7.61. The maximum absolute atomic E-state index is 2.50. The monoisotopic (exact) mass is 643 g/mol. The zero-order valence-electron chi connectivity index (χ0n) is 27.4. The van der Waals surface area contributed by atoms with Gasteiger partial charge in [-0.05, 0) is 85.8 Å². The van der Waals surface area contributed by atoms with Crippen LogP contribution >= 0.6 is 11.3 Å². The van der Waals surface area contributed by atoms with Gasteiger partial charge >= 0.3 is 0 Å². The Balaban J connectivity index is 1.29. The van der Waals surface area contributed by atoms with Gasteiger partial charge in [-0.1, -0.05) is 141 Å². The number of hydrogen-bond acceptors (Lipinski definition) is 2. The van der Waals surface area contributed by atoms with Crippen LogP contribution in [-0.4, -0.2) is 0 Å². The van der Waals surface area contributed by atoms with Gasteiger partial charge in [-0.2, -0.15) is 0 Å². The molecule has 49 heavy (non-hydrogen) atoms. The molecule has 0 saturated heterocycles. The minimum absolute atomic E-state index is 0.0532. The van der Waals surface area contributed by atoms with E-state index in [4.69, 9.17) is 0 Å². The quantitative estimate of drug-likeness (QED) is 0.184. The molecule has 2 heteroatoms. The largest absolute Gasteiger partial charge is 0.310 e. The van der Waals surface area contributed by atoms with E-state index in [0.29, 0.717) is 0 Å². The van der Waals surface area contributed by atoms with Crippen LogP contribution in [0.15, 0.2) is 164 Å². The van der Waals surface area contributed by atoms with E-state index in [2.05, 4.69) is 183 Å². The lowest BCUT2D eigenvalue weighted by Crippen LogP contribution is -2.15. The fourth-order valence-electron chi connectivity index (χ4n) is 8.30. The van der Waals surface area contributed by atoms with Crippen molar-refractivity contribution in [1.29, 1.82) is 0 Å². The fraction of sp³-hybridized carbons (Fsp3) is 0.0638. The molecule has 1 nitrogen and oxygen atoms in total. The second kappa shape index (κ2) is 10.7. The van der Waals surface area contributed by atoms with Gasteiger partial charge < -0.3 is 4.90 Å². The summed E-state index contributed by atoms with van der Waals surface area (Å²) in [5.41, 5.74) is 11.3. The van der Waals surface area contributed by atoms with Crippen LogP contribution in [0.25, 0.3) is 64.0 Å². The summed E-state index contributed by atoms with van der Waals surface area (Å²) in [7, 11) is 0. The number of thiophene rings is 1. The predicted molar refractivity (Wildman–Crippen MR) is 212 cm³/mol. The number of benzene rings is 8. The van der Waals surface area contributed by atoms with Crippen LogP contribution in [0.5, 0.6) is 0 Å². The van der Waals surface area contributed by atoms with Crippen LogP contribution in [0.2, 0.25) is 0 Å². The van der Waals surface area contributed by atoms with E-state index in [1.165, 1.54) is 80.8 Å². The first kappa shape index (κ1) is 28.3. The molecule has 1 heterocycles. The molecule has 0 bridgehead atoms. The second-order valence-corrected chi connectivity index (χ2v) is 14.8. The van der Waals surface area contributed by atoms with Crippen LogP contribution < -0.4 is 4.90 Å². The number of nitrogens with zero attached hydrogens (tertiary/aromatic N) is 1. The van der Waals surface area contributed by atoms with Crippen molar-refractivity contribution in [3.05, 3.63) is 175 Å². The number of rotatable bonds is 4. The Morgan fingerprint density at radius 2 is 1.04 bits per heavy atom. The van der Waals surface area contributed by atoms with Crippen LogP contribution in [0, 0.1) is 0 Å². The Labute approximate surface area is 290 Å². The minimum Gasteiger partial charge on any atom is -0.310 e. The average molecular weight is 644 g/mol. The van der Waals surface area contributed by atoms with E-state index in [0.717, 1.165) is 11.4 Å². The first-order valence-electron chi connectivity index (χ1n) is 17.0. The first-order chi connectivity index (χ1) is 24.1. The van der Waals surface area contributed by atoms with E-state index in [1.54, 1.807) is 0 Å². The van der Waals surface area contributed by atoms with Crippen LogP contribution in [0.1, 0.15) is 25.0 Å². The molecule has 0 saturated carbocycles. The van der Waals surface area contributed by atoms with Gasteiger partial charge in [0.15, 0.2) is 0 Å². The third-order valence-corrected chi connectivity index (χ3v) is 11.8. The molecule has 1 aliphatic carbocycles. The Bertz CT molecular complexity index is 2760. The molecule has 1 aliphatic rings. The van der Waals surface area contributed by atoms with Crippen molar-refractivity contribution in [2.75, 3.05) is 4.90 Å². The topological polar surface area (TPSA) is 3.24 Å². The second-order valence-electron chi connectivity index (χ2n) is 13.7. The Morgan fingerprint density at radius 3 is 1.92 bits per heavy atom. The SMILES string of the molecule is CC1(C)c2ccccc2-c2cc(N(c3ccc4c(c3)sc3ccccc34)c3ccc4ccccc4c3-c3cccc4ccccc34)ccc21. The third kappa shape index (κ3) is 4.24. The third-order valence-electron chi connectivity index (χ3n) is 10.7. The van der Waals surface area contributed by atoms with Crippen molar-refractivity contribution >= 4 is 70.1 Å². The average Bonchev–Trinajstić information content (AvgIpc) is 3.63. The fourth-order valence-corrected chi connectivity index (χ4v) is 9.44. The molecule has 0 fully saturated rings. The lowest BCUT2D eigenvalue weighted by molar-refractivity contribution is 0.660. The van der Waals surface area contributed by atoms with Crippen molar-refractivity contribution in [2.45, 2.75) is 19.3 Å². The van der Waals surface area contributed by atoms with Crippen molar-refractivity contribution in [1.82, 2.24) is 0 Å². The number of fused-ring (bicyclic) bond motifs is 8. The summed E-state index contributed by atoms with van der Waals surface area (Å²) in [5.74, 6) is 0. The molecule has 9 aromatic rings.